The van der Waals surface area contributed by atoms with Crippen molar-refractivity contribution in [3.63, 3.8) is 0 Å². The van der Waals surface area contributed by atoms with E-state index in [2.05, 4.69) is 20.3 Å². The van der Waals surface area contributed by atoms with E-state index in [9.17, 15) is 4.79 Å². The molecule has 0 atom stereocenters. The van der Waals surface area contributed by atoms with Gasteiger partial charge < -0.3 is 9.82 Å². The van der Waals surface area contributed by atoms with Crippen LogP contribution in [0.15, 0.2) is 11.0 Å². The Morgan fingerprint density at radius 2 is 2.46 bits per heavy atom. The van der Waals surface area contributed by atoms with E-state index in [-0.39, 0.29) is 5.56 Å². The number of hydroxylamine groups is 1. The molecule has 0 aromatic carbocycles. The minimum absolute atomic E-state index is 0.114. The Morgan fingerprint density at radius 1 is 1.69 bits per heavy atom. The second-order valence-electron chi connectivity index (χ2n) is 2.56. The average molecular weight is 183 g/mol. The monoisotopic (exact) mass is 183 g/mol. The van der Waals surface area contributed by atoms with Gasteiger partial charge in [0.15, 0.2) is 0 Å². The lowest BCUT2D eigenvalue weighted by molar-refractivity contribution is 0.0863. The van der Waals surface area contributed by atoms with Gasteiger partial charge in [0.2, 0.25) is 0 Å². The number of rotatable bonds is 4. The molecule has 1 heterocycles. The SMILES string of the molecule is CCc1ncc(CNOC)c(=O)[nH]1. The van der Waals surface area contributed by atoms with Gasteiger partial charge in [-0.15, -0.1) is 0 Å². The summed E-state index contributed by atoms with van der Waals surface area (Å²) in [5.74, 6) is 0.700. The quantitative estimate of drug-likeness (QED) is 0.644. The van der Waals surface area contributed by atoms with Crippen molar-refractivity contribution in [2.24, 2.45) is 0 Å². The maximum atomic E-state index is 11.3. The summed E-state index contributed by atoms with van der Waals surface area (Å²) in [7, 11) is 1.50. The van der Waals surface area contributed by atoms with Gasteiger partial charge in [0.1, 0.15) is 5.82 Å². The van der Waals surface area contributed by atoms with Crippen molar-refractivity contribution in [1.29, 1.82) is 0 Å². The smallest absolute Gasteiger partial charge is 0.255 e. The summed E-state index contributed by atoms with van der Waals surface area (Å²) >= 11 is 0. The molecule has 0 amide bonds. The van der Waals surface area contributed by atoms with Crippen LogP contribution in [0.4, 0.5) is 0 Å². The molecule has 0 aliphatic carbocycles. The lowest BCUT2D eigenvalue weighted by Gasteiger charge is -2.01. The van der Waals surface area contributed by atoms with Gasteiger partial charge >= 0.3 is 0 Å². The van der Waals surface area contributed by atoms with Crippen LogP contribution in [0.3, 0.4) is 0 Å². The summed E-state index contributed by atoms with van der Waals surface area (Å²) < 4.78 is 0. The highest BCUT2D eigenvalue weighted by Crippen LogP contribution is 1.90. The van der Waals surface area contributed by atoms with E-state index in [1.807, 2.05) is 6.92 Å². The number of aryl methyl sites for hydroxylation is 1. The molecule has 0 saturated heterocycles. The Bertz CT molecular complexity index is 321. The van der Waals surface area contributed by atoms with Crippen LogP contribution in [0, 0.1) is 0 Å². The van der Waals surface area contributed by atoms with E-state index in [1.165, 1.54) is 7.11 Å². The van der Waals surface area contributed by atoms with Crippen molar-refractivity contribution in [3.8, 4) is 0 Å². The zero-order valence-corrected chi connectivity index (χ0v) is 7.76. The lowest BCUT2D eigenvalue weighted by atomic mass is 10.3. The number of hydrogen-bond acceptors (Lipinski definition) is 4. The van der Waals surface area contributed by atoms with Gasteiger partial charge in [-0.2, -0.15) is 5.48 Å². The molecular weight excluding hydrogens is 170 g/mol. The second kappa shape index (κ2) is 4.74. The van der Waals surface area contributed by atoms with Gasteiger partial charge in [-0.25, -0.2) is 4.98 Å². The molecule has 5 nitrogen and oxygen atoms in total. The first-order valence-corrected chi connectivity index (χ1v) is 4.10. The molecule has 0 saturated carbocycles. The maximum absolute atomic E-state index is 11.3. The molecule has 0 unspecified atom stereocenters. The molecule has 0 radical (unpaired) electrons. The highest BCUT2D eigenvalue weighted by atomic mass is 16.6. The largest absolute Gasteiger partial charge is 0.310 e. The Hall–Kier alpha value is -1.20. The number of H-pyrrole nitrogens is 1. The summed E-state index contributed by atoms with van der Waals surface area (Å²) in [6.07, 6.45) is 2.29. The molecule has 1 aromatic heterocycles. The van der Waals surface area contributed by atoms with Crippen LogP contribution >= 0.6 is 0 Å². The summed E-state index contributed by atoms with van der Waals surface area (Å²) in [4.78, 5) is 22.7. The fraction of sp³-hybridized carbons (Fsp3) is 0.500. The molecule has 13 heavy (non-hydrogen) atoms. The van der Waals surface area contributed by atoms with Crippen LogP contribution in [0.5, 0.6) is 0 Å². The van der Waals surface area contributed by atoms with Crippen LogP contribution in [-0.2, 0) is 17.8 Å². The first kappa shape index (κ1) is 9.88. The highest BCUT2D eigenvalue weighted by molar-refractivity contribution is 5.05. The summed E-state index contributed by atoms with van der Waals surface area (Å²) in [5.41, 5.74) is 3.04. The summed E-state index contributed by atoms with van der Waals surface area (Å²) in [6, 6.07) is 0. The third-order valence-corrected chi connectivity index (χ3v) is 1.67. The van der Waals surface area contributed by atoms with Crippen LogP contribution < -0.4 is 11.0 Å². The van der Waals surface area contributed by atoms with Crippen molar-refractivity contribution in [2.45, 2.75) is 19.9 Å². The topological polar surface area (TPSA) is 67.0 Å². The minimum atomic E-state index is -0.114. The van der Waals surface area contributed by atoms with Crippen molar-refractivity contribution in [3.05, 3.63) is 27.9 Å². The molecule has 0 aliphatic heterocycles. The number of nitrogens with one attached hydrogen (secondary N) is 2. The minimum Gasteiger partial charge on any atom is -0.310 e. The number of aromatic nitrogens is 2. The molecule has 2 N–H and O–H groups in total. The summed E-state index contributed by atoms with van der Waals surface area (Å²) in [5, 5.41) is 0. The van der Waals surface area contributed by atoms with Crippen molar-refractivity contribution >= 4 is 0 Å². The van der Waals surface area contributed by atoms with E-state index < -0.39 is 0 Å². The fourth-order valence-corrected chi connectivity index (χ4v) is 0.914. The predicted octanol–water partition coefficient (Wildman–Crippen LogP) is -0.0167. The Morgan fingerprint density at radius 3 is 3.00 bits per heavy atom. The van der Waals surface area contributed by atoms with Crippen LogP contribution in [0.1, 0.15) is 18.3 Å². The van der Waals surface area contributed by atoms with Gasteiger partial charge in [-0.3, -0.25) is 4.79 Å². The third-order valence-electron chi connectivity index (χ3n) is 1.67. The van der Waals surface area contributed by atoms with Gasteiger partial charge in [0, 0.05) is 12.6 Å². The number of aromatic amines is 1. The van der Waals surface area contributed by atoms with Crippen LogP contribution in [0.2, 0.25) is 0 Å². The van der Waals surface area contributed by atoms with Gasteiger partial charge in [0.05, 0.1) is 19.2 Å². The molecule has 0 bridgehead atoms. The predicted molar refractivity (Wildman–Crippen MR) is 48.1 cm³/mol. The number of nitrogens with zero attached hydrogens (tertiary/aromatic N) is 1. The first-order valence-electron chi connectivity index (χ1n) is 4.10. The van der Waals surface area contributed by atoms with E-state index in [0.717, 1.165) is 6.42 Å². The van der Waals surface area contributed by atoms with E-state index in [4.69, 9.17) is 0 Å². The molecule has 0 spiro atoms. The normalized spacial score (nSPS) is 10.3. The molecule has 5 heteroatoms. The molecule has 72 valence electrons. The van der Waals surface area contributed by atoms with Gasteiger partial charge in [0.25, 0.3) is 5.56 Å². The Kier molecular flexibility index (Phi) is 3.60. The summed E-state index contributed by atoms with van der Waals surface area (Å²) in [6.45, 7) is 2.30. The first-order chi connectivity index (χ1) is 6.27. The van der Waals surface area contributed by atoms with Crippen LogP contribution in [-0.4, -0.2) is 17.1 Å². The average Bonchev–Trinajstić information content (AvgIpc) is 2.16. The van der Waals surface area contributed by atoms with Crippen molar-refractivity contribution in [1.82, 2.24) is 15.4 Å². The molecule has 0 aliphatic rings. The molecular formula is C8H13N3O2. The Labute approximate surface area is 76.1 Å². The lowest BCUT2D eigenvalue weighted by Crippen LogP contribution is -2.21. The molecule has 0 fully saturated rings. The second-order valence-corrected chi connectivity index (χ2v) is 2.56. The van der Waals surface area contributed by atoms with Crippen molar-refractivity contribution in [2.75, 3.05) is 7.11 Å². The Balaban J connectivity index is 2.80. The van der Waals surface area contributed by atoms with Crippen LogP contribution in [0.25, 0.3) is 0 Å². The third kappa shape index (κ3) is 2.64. The fourth-order valence-electron chi connectivity index (χ4n) is 0.914. The maximum Gasteiger partial charge on any atom is 0.255 e. The zero-order valence-electron chi connectivity index (χ0n) is 7.76. The molecule has 1 rings (SSSR count). The van der Waals surface area contributed by atoms with Crippen molar-refractivity contribution < 1.29 is 4.84 Å². The zero-order chi connectivity index (χ0) is 9.68. The number of hydrogen-bond donors (Lipinski definition) is 2. The van der Waals surface area contributed by atoms with E-state index in [0.29, 0.717) is 17.9 Å². The van der Waals surface area contributed by atoms with Gasteiger partial charge in [-0.1, -0.05) is 6.92 Å². The van der Waals surface area contributed by atoms with E-state index in [1.54, 1.807) is 6.20 Å². The standard InChI is InChI=1S/C8H13N3O2/c1-3-7-9-4-6(5-10-13-2)8(12)11-7/h4,10H,3,5H2,1-2H3,(H,9,11,12). The van der Waals surface area contributed by atoms with Gasteiger partial charge in [-0.05, 0) is 0 Å². The molecule has 1 aromatic rings. The highest BCUT2D eigenvalue weighted by Gasteiger charge is 2.00. The van der Waals surface area contributed by atoms with E-state index >= 15 is 0 Å².